The van der Waals surface area contributed by atoms with Crippen LogP contribution in [0.25, 0.3) is 16.8 Å². The third kappa shape index (κ3) is 4.16. The van der Waals surface area contributed by atoms with Crippen LogP contribution in [0.5, 0.6) is 0 Å². The van der Waals surface area contributed by atoms with Gasteiger partial charge in [-0.2, -0.15) is 5.26 Å². The smallest absolute Gasteiger partial charge is 0.181 e. The summed E-state index contributed by atoms with van der Waals surface area (Å²) in [5, 5.41) is 12.6. The summed E-state index contributed by atoms with van der Waals surface area (Å²) < 4.78 is 28.6. The van der Waals surface area contributed by atoms with Crippen LogP contribution in [-0.4, -0.2) is 29.1 Å². The monoisotopic (exact) mass is 496 g/mol. The molecule has 1 N–H and O–H groups in total. The highest BCUT2D eigenvalue weighted by atomic mass is 32.2. The fourth-order valence-corrected chi connectivity index (χ4v) is 7.14. The van der Waals surface area contributed by atoms with Crippen molar-refractivity contribution in [3.8, 4) is 17.2 Å². The molecule has 0 bridgehead atoms. The number of pyridine rings is 1. The molecule has 2 heterocycles. The van der Waals surface area contributed by atoms with Crippen molar-refractivity contribution in [2.24, 2.45) is 0 Å². The lowest BCUT2D eigenvalue weighted by molar-refractivity contribution is 0.451. The maximum Gasteiger partial charge on any atom is 0.181 e. The van der Waals surface area contributed by atoms with Crippen LogP contribution in [0.15, 0.2) is 84.1 Å². The molecule has 2 fully saturated rings. The lowest BCUT2D eigenvalue weighted by Gasteiger charge is -2.29. The number of rotatable bonds is 6. The van der Waals surface area contributed by atoms with Gasteiger partial charge in [-0.3, -0.25) is 0 Å². The van der Waals surface area contributed by atoms with Gasteiger partial charge in [-0.15, -0.1) is 0 Å². The van der Waals surface area contributed by atoms with Crippen LogP contribution in [0.3, 0.4) is 0 Å². The van der Waals surface area contributed by atoms with Crippen LogP contribution in [-0.2, 0) is 15.3 Å². The van der Waals surface area contributed by atoms with Crippen molar-refractivity contribution in [3.05, 3.63) is 84.8 Å². The van der Waals surface area contributed by atoms with Crippen LogP contribution in [0.4, 0.5) is 5.69 Å². The average Bonchev–Trinajstić information content (AvgIpc) is 3.58. The van der Waals surface area contributed by atoms with Crippen molar-refractivity contribution in [1.82, 2.24) is 9.38 Å². The molecular formula is C29H28N4O2S. The predicted octanol–water partition coefficient (Wildman–Crippen LogP) is 5.75. The number of benzene rings is 2. The number of hydrogen-bond acceptors (Lipinski definition) is 5. The number of nitrogens with one attached hydrogen (secondary N) is 1. The number of imidazole rings is 1. The van der Waals surface area contributed by atoms with E-state index < -0.39 is 9.84 Å². The van der Waals surface area contributed by atoms with Crippen LogP contribution in [0.1, 0.15) is 44.1 Å². The molecule has 36 heavy (non-hydrogen) atoms. The fraction of sp³-hybridized carbons (Fsp3) is 0.310. The molecule has 2 aromatic heterocycles. The molecule has 2 aliphatic carbocycles. The lowest BCUT2D eigenvalue weighted by Crippen LogP contribution is -2.32. The Morgan fingerprint density at radius 1 is 0.917 bits per heavy atom. The molecule has 0 amide bonds. The molecule has 0 atom stereocenters. The first-order valence-electron chi connectivity index (χ1n) is 12.5. The van der Waals surface area contributed by atoms with Crippen molar-refractivity contribution < 1.29 is 8.42 Å². The van der Waals surface area contributed by atoms with Gasteiger partial charge in [0.2, 0.25) is 0 Å². The number of nitrogens with zero attached hydrogens (tertiary/aromatic N) is 3. The van der Waals surface area contributed by atoms with Crippen LogP contribution < -0.4 is 5.32 Å². The number of fused-ring (bicyclic) bond motifs is 1. The van der Waals surface area contributed by atoms with Gasteiger partial charge in [0.25, 0.3) is 0 Å². The van der Waals surface area contributed by atoms with Crippen LogP contribution in [0.2, 0.25) is 0 Å². The van der Waals surface area contributed by atoms with E-state index in [9.17, 15) is 13.7 Å². The molecule has 0 spiro atoms. The molecule has 2 aliphatic rings. The molecule has 0 radical (unpaired) electrons. The molecule has 0 aliphatic heterocycles. The van der Waals surface area contributed by atoms with Crippen LogP contribution >= 0.6 is 0 Å². The molecule has 0 saturated heterocycles. The average molecular weight is 497 g/mol. The van der Waals surface area contributed by atoms with Crippen molar-refractivity contribution in [1.29, 1.82) is 5.26 Å². The van der Waals surface area contributed by atoms with Gasteiger partial charge in [-0.25, -0.2) is 13.4 Å². The van der Waals surface area contributed by atoms with E-state index in [4.69, 9.17) is 0 Å². The van der Waals surface area contributed by atoms with E-state index in [-0.39, 0.29) is 16.7 Å². The lowest BCUT2D eigenvalue weighted by atomic mass is 9.94. The minimum atomic E-state index is -3.37. The van der Waals surface area contributed by atoms with Gasteiger partial charge in [0, 0.05) is 30.3 Å². The van der Waals surface area contributed by atoms with E-state index in [1.165, 1.54) is 0 Å². The summed E-state index contributed by atoms with van der Waals surface area (Å²) in [7, 11) is -3.37. The molecule has 7 heteroatoms. The maximum absolute atomic E-state index is 13.3. The summed E-state index contributed by atoms with van der Waals surface area (Å²) in [5.41, 5.74) is 4.74. The van der Waals surface area contributed by atoms with E-state index in [0.717, 1.165) is 53.7 Å². The Morgan fingerprint density at radius 3 is 2.28 bits per heavy atom. The van der Waals surface area contributed by atoms with Gasteiger partial charge >= 0.3 is 0 Å². The summed E-state index contributed by atoms with van der Waals surface area (Å²) >= 11 is 0. The zero-order valence-electron chi connectivity index (χ0n) is 20.0. The highest BCUT2D eigenvalue weighted by Crippen LogP contribution is 2.47. The second kappa shape index (κ2) is 8.79. The third-order valence-corrected chi connectivity index (χ3v) is 10.1. The zero-order chi connectivity index (χ0) is 24.8. The Bertz CT molecular complexity index is 1540. The minimum absolute atomic E-state index is 0.258. The first-order valence-corrected chi connectivity index (χ1v) is 14.1. The van der Waals surface area contributed by atoms with Gasteiger partial charge in [-0.1, -0.05) is 24.3 Å². The molecular weight excluding hydrogens is 468 g/mol. The summed E-state index contributed by atoms with van der Waals surface area (Å²) in [4.78, 5) is 4.66. The second-order valence-electron chi connectivity index (χ2n) is 10.1. The highest BCUT2D eigenvalue weighted by molar-refractivity contribution is 7.92. The molecule has 2 saturated carbocycles. The van der Waals surface area contributed by atoms with Gasteiger partial charge < -0.3 is 9.72 Å². The standard InChI is InChI=1S/C29H28N4O2S/c30-20-29(15-16-29)23-4-6-24(7-5-23)32-25-8-12-27(13-9-25)36(34,35)26-10-1-21(2-11-26)22-3-14-28-31-17-18-33(28)19-22/h1-7,10-11,14,17-19,25,27,32H,8-9,12-13,15-16H2. The minimum Gasteiger partial charge on any atom is -0.382 e. The Balaban J connectivity index is 1.08. The number of sulfone groups is 1. The molecule has 6 nitrogen and oxygen atoms in total. The van der Waals surface area contributed by atoms with Crippen molar-refractivity contribution in [3.63, 3.8) is 0 Å². The van der Waals surface area contributed by atoms with E-state index in [0.29, 0.717) is 17.7 Å². The van der Waals surface area contributed by atoms with E-state index >= 15 is 0 Å². The van der Waals surface area contributed by atoms with Crippen LogP contribution in [0, 0.1) is 11.3 Å². The van der Waals surface area contributed by atoms with Crippen molar-refractivity contribution in [2.45, 2.75) is 60.1 Å². The Kier molecular flexibility index (Phi) is 5.57. The predicted molar refractivity (Wildman–Crippen MR) is 140 cm³/mol. The summed E-state index contributed by atoms with van der Waals surface area (Å²) in [6.07, 6.45) is 10.5. The zero-order valence-corrected chi connectivity index (χ0v) is 20.8. The summed E-state index contributed by atoms with van der Waals surface area (Å²) in [6, 6.07) is 22.1. The number of aromatic nitrogens is 2. The SMILES string of the molecule is N#CC1(c2ccc(NC3CCC(S(=O)(=O)c4ccc(-c5ccc6nccn6c5)cc4)CC3)cc2)CC1. The summed E-state index contributed by atoms with van der Waals surface area (Å²) in [5.74, 6) is 0. The summed E-state index contributed by atoms with van der Waals surface area (Å²) in [6.45, 7) is 0. The largest absolute Gasteiger partial charge is 0.382 e. The molecule has 0 unspecified atom stereocenters. The van der Waals surface area contributed by atoms with E-state index in [1.807, 2.05) is 65.3 Å². The quantitative estimate of drug-likeness (QED) is 0.367. The molecule has 4 aromatic rings. The normalized spacial score (nSPS) is 21.1. The number of anilines is 1. The maximum atomic E-state index is 13.3. The first-order chi connectivity index (χ1) is 17.5. The van der Waals surface area contributed by atoms with Crippen molar-refractivity contribution >= 4 is 21.2 Å². The second-order valence-corrected chi connectivity index (χ2v) is 12.3. The van der Waals surface area contributed by atoms with Gasteiger partial charge in [0.05, 0.1) is 21.6 Å². The molecule has 182 valence electrons. The number of hydrogen-bond donors (Lipinski definition) is 1. The molecule has 6 rings (SSSR count). The topological polar surface area (TPSA) is 87.3 Å². The Morgan fingerprint density at radius 2 is 1.61 bits per heavy atom. The van der Waals surface area contributed by atoms with E-state index in [1.54, 1.807) is 18.3 Å². The molecule has 2 aromatic carbocycles. The van der Waals surface area contributed by atoms with Gasteiger partial charge in [-0.05, 0) is 91.6 Å². The Labute approximate surface area is 211 Å². The van der Waals surface area contributed by atoms with Gasteiger partial charge in [0.15, 0.2) is 9.84 Å². The Hall–Kier alpha value is -3.63. The van der Waals surface area contributed by atoms with Gasteiger partial charge in [0.1, 0.15) is 5.65 Å². The first kappa shape index (κ1) is 22.8. The number of nitriles is 1. The van der Waals surface area contributed by atoms with Crippen molar-refractivity contribution in [2.75, 3.05) is 5.32 Å². The third-order valence-electron chi connectivity index (χ3n) is 7.79. The highest BCUT2D eigenvalue weighted by Gasteiger charge is 2.44. The fourth-order valence-electron chi connectivity index (χ4n) is 5.35. The van der Waals surface area contributed by atoms with E-state index in [2.05, 4.69) is 16.4 Å².